The molecule has 0 heterocycles. The quantitative estimate of drug-likeness (QED) is 0.281. The van der Waals surface area contributed by atoms with Gasteiger partial charge in [0.2, 0.25) is 0 Å². The number of benzene rings is 2. The number of amidine groups is 1. The van der Waals surface area contributed by atoms with E-state index in [9.17, 15) is 8.42 Å². The van der Waals surface area contributed by atoms with Gasteiger partial charge in [0.15, 0.2) is 0 Å². The molecule has 2 rings (SSSR count). The van der Waals surface area contributed by atoms with E-state index in [1.54, 1.807) is 36.4 Å². The number of aryl methyl sites for hydroxylation is 2. The minimum atomic E-state index is -4.03. The van der Waals surface area contributed by atoms with Crippen molar-refractivity contribution in [3.05, 3.63) is 70.1 Å². The van der Waals surface area contributed by atoms with Crippen molar-refractivity contribution >= 4 is 16.0 Å². The lowest BCUT2D eigenvalue weighted by atomic mass is 10.2. The number of hydrogen-bond acceptors (Lipinski definition) is 3. The SMILES string of the molecule is Cc1ccc(O/C(N=[N+]=[N-])=N/S(=O)(=O)c2ccc(C)cc2)cc1. The molecule has 0 amide bonds. The highest BCUT2D eigenvalue weighted by Crippen LogP contribution is 2.16. The van der Waals surface area contributed by atoms with Crippen molar-refractivity contribution in [1.29, 1.82) is 0 Å². The van der Waals surface area contributed by atoms with E-state index in [1.807, 2.05) is 13.8 Å². The smallest absolute Gasteiger partial charge is 0.295 e. The van der Waals surface area contributed by atoms with Crippen LogP contribution >= 0.6 is 0 Å². The van der Waals surface area contributed by atoms with Crippen LogP contribution in [0.15, 0.2) is 62.9 Å². The summed E-state index contributed by atoms with van der Waals surface area (Å²) in [5.74, 6) is 0.320. The number of azide groups is 1. The maximum Gasteiger partial charge on any atom is 0.295 e. The third-order valence-electron chi connectivity index (χ3n) is 2.88. The fourth-order valence-electron chi connectivity index (χ4n) is 1.67. The van der Waals surface area contributed by atoms with E-state index in [4.69, 9.17) is 10.3 Å². The summed E-state index contributed by atoms with van der Waals surface area (Å²) in [6.07, 6.45) is 0. The van der Waals surface area contributed by atoms with E-state index in [2.05, 4.69) is 14.4 Å². The third-order valence-corrected chi connectivity index (χ3v) is 4.14. The lowest BCUT2D eigenvalue weighted by Gasteiger charge is -2.05. The molecule has 0 N–H and O–H groups in total. The Morgan fingerprint density at radius 2 is 1.52 bits per heavy atom. The number of rotatable bonds is 3. The Hall–Kier alpha value is -2.83. The summed E-state index contributed by atoms with van der Waals surface area (Å²) in [4.78, 5) is 2.53. The molecule has 0 saturated heterocycles. The zero-order valence-corrected chi connectivity index (χ0v) is 13.4. The van der Waals surface area contributed by atoms with Gasteiger partial charge in [-0.25, -0.2) is 0 Å². The van der Waals surface area contributed by atoms with Crippen LogP contribution in [0.5, 0.6) is 5.75 Å². The van der Waals surface area contributed by atoms with Gasteiger partial charge in [0.1, 0.15) is 5.75 Å². The van der Waals surface area contributed by atoms with Crippen molar-refractivity contribution in [2.45, 2.75) is 18.7 Å². The molecule has 2 aromatic rings. The van der Waals surface area contributed by atoms with Crippen LogP contribution in [0.3, 0.4) is 0 Å². The minimum Gasteiger partial charge on any atom is -0.437 e. The molecule has 0 aliphatic carbocycles. The standard InChI is InChI=1S/C15H14N4O3S/c1-11-3-7-13(8-4-11)22-15(17-19-16)18-23(20,21)14-9-5-12(2)6-10-14/h3-10H,1-2H3/b18-15+. The Labute approximate surface area is 133 Å². The first kappa shape index (κ1) is 16.5. The van der Waals surface area contributed by atoms with Crippen molar-refractivity contribution in [3.63, 3.8) is 0 Å². The molecular formula is C15H14N4O3S. The van der Waals surface area contributed by atoms with E-state index < -0.39 is 16.0 Å². The van der Waals surface area contributed by atoms with Gasteiger partial charge in [0.05, 0.1) is 4.90 Å². The molecule has 0 aliphatic heterocycles. The lowest BCUT2D eigenvalue weighted by Crippen LogP contribution is -2.09. The van der Waals surface area contributed by atoms with Gasteiger partial charge in [0, 0.05) is 4.91 Å². The lowest BCUT2D eigenvalue weighted by molar-refractivity contribution is 0.540. The Morgan fingerprint density at radius 1 is 1.00 bits per heavy atom. The molecule has 0 radical (unpaired) electrons. The van der Waals surface area contributed by atoms with Crippen molar-refractivity contribution in [3.8, 4) is 5.75 Å². The van der Waals surface area contributed by atoms with Gasteiger partial charge in [-0.3, -0.25) is 0 Å². The molecule has 0 fully saturated rings. The fraction of sp³-hybridized carbons (Fsp3) is 0.133. The van der Waals surface area contributed by atoms with Crippen LogP contribution < -0.4 is 4.74 Å². The van der Waals surface area contributed by atoms with Crippen molar-refractivity contribution < 1.29 is 13.2 Å². The van der Waals surface area contributed by atoms with Crippen LogP contribution in [0.4, 0.5) is 0 Å². The monoisotopic (exact) mass is 330 g/mol. The van der Waals surface area contributed by atoms with Crippen LogP contribution in [0.25, 0.3) is 10.4 Å². The van der Waals surface area contributed by atoms with E-state index in [0.717, 1.165) is 11.1 Å². The number of sulfonamides is 1. The highest BCUT2D eigenvalue weighted by Gasteiger charge is 2.15. The molecule has 0 saturated carbocycles. The van der Waals surface area contributed by atoms with E-state index in [0.29, 0.717) is 5.75 Å². The maximum absolute atomic E-state index is 12.2. The Bertz CT molecular complexity index is 866. The predicted octanol–water partition coefficient (Wildman–Crippen LogP) is 3.74. The van der Waals surface area contributed by atoms with Gasteiger partial charge >= 0.3 is 0 Å². The number of nitrogens with zero attached hydrogens (tertiary/aromatic N) is 4. The molecule has 0 bridgehead atoms. The normalized spacial score (nSPS) is 11.7. The van der Waals surface area contributed by atoms with Crippen LogP contribution in [-0.2, 0) is 10.0 Å². The second-order valence-electron chi connectivity index (χ2n) is 4.77. The first-order valence-corrected chi connectivity index (χ1v) is 8.06. The van der Waals surface area contributed by atoms with Gasteiger partial charge in [0.25, 0.3) is 16.0 Å². The maximum atomic E-state index is 12.2. The summed E-state index contributed by atoms with van der Waals surface area (Å²) < 4.78 is 33.1. The molecule has 118 valence electrons. The highest BCUT2D eigenvalue weighted by atomic mass is 32.2. The first-order valence-electron chi connectivity index (χ1n) is 6.62. The predicted molar refractivity (Wildman–Crippen MR) is 86.8 cm³/mol. The summed E-state index contributed by atoms with van der Waals surface area (Å²) >= 11 is 0. The van der Waals surface area contributed by atoms with Crippen molar-refractivity contribution in [1.82, 2.24) is 0 Å². The third kappa shape index (κ3) is 4.57. The molecule has 0 aromatic heterocycles. The fourth-order valence-corrected chi connectivity index (χ4v) is 2.54. The van der Waals surface area contributed by atoms with Crippen molar-refractivity contribution in [2.75, 3.05) is 0 Å². The zero-order valence-electron chi connectivity index (χ0n) is 12.5. The Balaban J connectivity index is 2.35. The first-order chi connectivity index (χ1) is 10.9. The van der Waals surface area contributed by atoms with Crippen LogP contribution in [0, 0.1) is 13.8 Å². The van der Waals surface area contributed by atoms with E-state index >= 15 is 0 Å². The molecule has 0 unspecified atom stereocenters. The van der Waals surface area contributed by atoms with Crippen LogP contribution in [0.2, 0.25) is 0 Å². The largest absolute Gasteiger partial charge is 0.437 e. The summed E-state index contributed by atoms with van der Waals surface area (Å²) in [5, 5.41) is 3.20. The van der Waals surface area contributed by atoms with Gasteiger partial charge in [-0.1, -0.05) is 35.4 Å². The summed E-state index contributed by atoms with van der Waals surface area (Å²) in [5.41, 5.74) is 10.5. The molecule has 0 spiro atoms. The van der Waals surface area contributed by atoms with Gasteiger partial charge < -0.3 is 4.74 Å². The summed E-state index contributed by atoms with van der Waals surface area (Å²) in [7, 11) is -4.03. The Kier molecular flexibility index (Phi) is 5.00. The zero-order chi connectivity index (χ0) is 16.9. The molecule has 23 heavy (non-hydrogen) atoms. The molecule has 0 atom stereocenters. The molecule has 7 nitrogen and oxygen atoms in total. The van der Waals surface area contributed by atoms with E-state index in [1.165, 1.54) is 12.1 Å². The molecule has 8 heteroatoms. The minimum absolute atomic E-state index is 0.0127. The molecular weight excluding hydrogens is 316 g/mol. The van der Waals surface area contributed by atoms with Gasteiger partial charge in [-0.2, -0.15) is 8.42 Å². The summed E-state index contributed by atoms with van der Waals surface area (Å²) in [6, 6.07) is 12.4. The number of ether oxygens (including phenoxy) is 1. The second kappa shape index (κ2) is 6.95. The Morgan fingerprint density at radius 3 is 2.04 bits per heavy atom. The van der Waals surface area contributed by atoms with Crippen LogP contribution in [0.1, 0.15) is 11.1 Å². The van der Waals surface area contributed by atoms with Gasteiger partial charge in [-0.05, 0) is 48.8 Å². The van der Waals surface area contributed by atoms with Gasteiger partial charge in [-0.15, -0.1) is 4.40 Å². The second-order valence-corrected chi connectivity index (χ2v) is 6.37. The highest BCUT2D eigenvalue weighted by molar-refractivity contribution is 7.90. The van der Waals surface area contributed by atoms with E-state index in [-0.39, 0.29) is 4.90 Å². The average molecular weight is 330 g/mol. The summed E-state index contributed by atoms with van der Waals surface area (Å²) in [6.45, 7) is 3.74. The topological polar surface area (TPSA) is 104 Å². The number of hydrogen-bond donors (Lipinski definition) is 0. The molecule has 0 aliphatic rings. The van der Waals surface area contributed by atoms with Crippen molar-refractivity contribution in [2.24, 2.45) is 9.51 Å². The van der Waals surface area contributed by atoms with Crippen LogP contribution in [-0.4, -0.2) is 14.4 Å². The average Bonchev–Trinajstić information content (AvgIpc) is 2.50. The molecule has 2 aromatic carbocycles.